The number of hydrogen-bond acceptors (Lipinski definition) is 0. The number of aromatic amines is 2. The van der Waals surface area contributed by atoms with E-state index < -0.39 is 29.0 Å². The van der Waals surface area contributed by atoms with Crippen LogP contribution >= 0.6 is 0 Å². The van der Waals surface area contributed by atoms with Crippen LogP contribution in [0.3, 0.4) is 0 Å². The van der Waals surface area contributed by atoms with Crippen LogP contribution in [0.4, 0.5) is 69.1 Å². The van der Waals surface area contributed by atoms with E-state index in [9.17, 15) is 69.1 Å². The van der Waals surface area contributed by atoms with Gasteiger partial charge in [0.1, 0.15) is 0 Å². The van der Waals surface area contributed by atoms with Gasteiger partial charge in [-0.15, -0.1) is 0 Å². The summed E-state index contributed by atoms with van der Waals surface area (Å²) >= 11 is 0. The Kier molecular flexibility index (Phi) is 27.5. The second-order valence-electron chi connectivity index (χ2n) is 4.13. The molecule has 0 aliphatic carbocycles. The van der Waals surface area contributed by atoms with Gasteiger partial charge >= 0.3 is 49.4 Å². The molecule has 0 fully saturated rings. The minimum absolute atomic E-state index is 0. The Labute approximate surface area is 190 Å². The van der Waals surface area contributed by atoms with E-state index in [1.807, 2.05) is 61.2 Å². The molecule has 0 atom stereocenters. The van der Waals surface area contributed by atoms with Crippen molar-refractivity contribution in [3.05, 3.63) is 61.2 Å². The molecule has 196 valence electrons. The van der Waals surface area contributed by atoms with Gasteiger partial charge in [-0.05, 0) is 0 Å². The largest absolute Gasteiger partial charge is 2.00 e. The van der Waals surface area contributed by atoms with Gasteiger partial charge in [-0.3, -0.25) is 0 Å². The molecule has 23 heteroatoms. The molecule has 2 aromatic rings. The van der Waals surface area contributed by atoms with Crippen molar-refractivity contribution in [2.75, 3.05) is 0 Å². The van der Waals surface area contributed by atoms with Crippen LogP contribution in [0.5, 0.6) is 0 Å². The third-order valence-corrected chi connectivity index (χ3v) is 1.21. The molecule has 0 amide bonds. The van der Waals surface area contributed by atoms with Crippen molar-refractivity contribution in [1.29, 1.82) is 0 Å². The summed E-state index contributed by atoms with van der Waals surface area (Å²) in [6.07, 6.45) is 7.50. The van der Waals surface area contributed by atoms with Crippen LogP contribution in [0.15, 0.2) is 61.2 Å². The number of aromatic nitrogens is 2. The molecule has 0 aromatic carbocycles. The van der Waals surface area contributed by atoms with Crippen molar-refractivity contribution in [1.82, 2.24) is 0 Å². The zero-order valence-corrected chi connectivity index (χ0v) is 17.0. The Hall–Kier alpha value is -1.90. The first kappa shape index (κ1) is 41.4. The molecular formula is C10H12B4F16N2Pd. The molecule has 2 heterocycles. The molecule has 0 aliphatic heterocycles. The van der Waals surface area contributed by atoms with Gasteiger partial charge < -0.3 is 69.1 Å². The van der Waals surface area contributed by atoms with E-state index in [1.165, 1.54) is 0 Å². The normalized spacial score (nSPS) is 10.2. The summed E-state index contributed by atoms with van der Waals surface area (Å²) in [5, 5.41) is 0. The Morgan fingerprint density at radius 2 is 0.424 bits per heavy atom. The molecule has 0 saturated heterocycles. The summed E-state index contributed by atoms with van der Waals surface area (Å²) in [6.45, 7) is 0. The molecule has 0 saturated carbocycles. The summed E-state index contributed by atoms with van der Waals surface area (Å²) in [7, 11) is -24.0. The molecule has 2 aromatic heterocycles. The van der Waals surface area contributed by atoms with Crippen LogP contribution in [-0.2, 0) is 20.4 Å². The van der Waals surface area contributed by atoms with E-state index >= 15 is 0 Å². The summed E-state index contributed by atoms with van der Waals surface area (Å²) in [5.74, 6) is 0. The van der Waals surface area contributed by atoms with Crippen molar-refractivity contribution in [3.8, 4) is 0 Å². The van der Waals surface area contributed by atoms with Crippen LogP contribution in [-0.4, -0.2) is 29.0 Å². The predicted octanol–water partition coefficient (Wildman–Crippen LogP) is 6.20. The van der Waals surface area contributed by atoms with E-state index in [-0.39, 0.29) is 20.4 Å². The smallest absolute Gasteiger partial charge is 0.418 e. The average Bonchev–Trinajstić information content (AvgIpc) is 2.52. The quantitative estimate of drug-likeness (QED) is 0.250. The first-order valence-electron chi connectivity index (χ1n) is 7.31. The standard InChI is InChI=1S/2C5H5N.4BF4.Pd/c2*1-2-4-6-5-3-1;4*2-1(3,4)5;/h2*1-5H;;;;;/q;;4*-1;+2/p+2. The number of pyridine rings is 2. The zero-order valence-electron chi connectivity index (χ0n) is 15.4. The Morgan fingerprint density at radius 3 is 0.455 bits per heavy atom. The fraction of sp³-hybridized carbons (Fsp3) is 0. The minimum atomic E-state index is -6.00. The van der Waals surface area contributed by atoms with E-state index in [0.717, 1.165) is 0 Å². The maximum absolute atomic E-state index is 9.75. The fourth-order valence-electron chi connectivity index (χ4n) is 0.684. The molecule has 0 aliphatic rings. The first-order valence-corrected chi connectivity index (χ1v) is 7.31. The van der Waals surface area contributed by atoms with Gasteiger partial charge in [-0.1, -0.05) is 12.1 Å². The van der Waals surface area contributed by atoms with Crippen LogP contribution in [0, 0.1) is 0 Å². The van der Waals surface area contributed by atoms with Gasteiger partial charge in [0.2, 0.25) is 0 Å². The zero-order chi connectivity index (χ0) is 26.5. The SMILES string of the molecule is F[B-](F)(F)F.F[B-](F)(F)F.F[B-](F)(F)F.F[B-](F)(F)F.[Pd+2].c1cc[nH+]cc1.c1cc[nH+]cc1. The second kappa shape index (κ2) is 21.9. The van der Waals surface area contributed by atoms with E-state index in [4.69, 9.17) is 0 Å². The average molecular weight is 614 g/mol. The Morgan fingerprint density at radius 1 is 0.303 bits per heavy atom. The number of rotatable bonds is 0. The van der Waals surface area contributed by atoms with E-state index in [2.05, 4.69) is 9.97 Å². The molecule has 33 heavy (non-hydrogen) atoms. The van der Waals surface area contributed by atoms with Crippen LogP contribution in [0.25, 0.3) is 0 Å². The monoisotopic (exact) mass is 614 g/mol. The summed E-state index contributed by atoms with van der Waals surface area (Å²) in [6, 6.07) is 11.7. The maximum atomic E-state index is 9.75. The van der Waals surface area contributed by atoms with Gasteiger partial charge in [0.15, 0.2) is 24.8 Å². The van der Waals surface area contributed by atoms with Gasteiger partial charge in [0.25, 0.3) is 0 Å². The van der Waals surface area contributed by atoms with Crippen molar-refractivity contribution in [3.63, 3.8) is 0 Å². The van der Waals surface area contributed by atoms with Gasteiger partial charge in [-0.2, -0.15) is 0 Å². The maximum Gasteiger partial charge on any atom is 2.00 e. The van der Waals surface area contributed by atoms with Crippen molar-refractivity contribution in [2.24, 2.45) is 0 Å². The molecular weight excluding hydrogens is 602 g/mol. The summed E-state index contributed by atoms with van der Waals surface area (Å²) in [5.41, 5.74) is 0. The first-order chi connectivity index (χ1) is 14.0. The summed E-state index contributed by atoms with van der Waals surface area (Å²) < 4.78 is 156. The molecule has 0 unspecified atom stereocenters. The molecule has 0 spiro atoms. The second-order valence-corrected chi connectivity index (χ2v) is 4.13. The van der Waals surface area contributed by atoms with Crippen molar-refractivity contribution < 1.29 is 99.4 Å². The Balaban J connectivity index is -0.0000000948. The van der Waals surface area contributed by atoms with Gasteiger partial charge in [0, 0.05) is 24.3 Å². The van der Waals surface area contributed by atoms with Crippen LogP contribution in [0.2, 0.25) is 0 Å². The van der Waals surface area contributed by atoms with E-state index in [0.29, 0.717) is 0 Å². The number of H-pyrrole nitrogens is 2. The van der Waals surface area contributed by atoms with Crippen molar-refractivity contribution in [2.45, 2.75) is 0 Å². The van der Waals surface area contributed by atoms with E-state index in [1.54, 1.807) is 0 Å². The molecule has 2 nitrogen and oxygen atoms in total. The van der Waals surface area contributed by atoms with Gasteiger partial charge in [0.05, 0.1) is 0 Å². The number of halogens is 16. The number of nitrogens with one attached hydrogen (secondary N) is 2. The summed E-state index contributed by atoms with van der Waals surface area (Å²) in [4.78, 5) is 5.78. The van der Waals surface area contributed by atoms with Crippen LogP contribution < -0.4 is 9.97 Å². The third-order valence-electron chi connectivity index (χ3n) is 1.21. The Bertz CT molecular complexity index is 454. The van der Waals surface area contributed by atoms with Crippen molar-refractivity contribution >= 4 is 29.0 Å². The minimum Gasteiger partial charge on any atom is -0.418 e. The fourth-order valence-corrected chi connectivity index (χ4v) is 0.684. The number of hydrogen-bond donors (Lipinski definition) is 0. The molecule has 2 N–H and O–H groups in total. The predicted molar refractivity (Wildman–Crippen MR) is 86.7 cm³/mol. The third kappa shape index (κ3) is 233. The molecule has 0 radical (unpaired) electrons. The van der Waals surface area contributed by atoms with Gasteiger partial charge in [-0.25, -0.2) is 9.97 Å². The topological polar surface area (TPSA) is 28.3 Å². The molecule has 2 rings (SSSR count). The van der Waals surface area contributed by atoms with Crippen LogP contribution in [0.1, 0.15) is 0 Å². The molecule has 0 bridgehead atoms.